The standard InChI is InChI=1S/C14H19N5O4S/c1-10(2)6-11(14(20)21)8-16-24(22,23)13-5-3-4-12(7-13)19-9-15-17-18-19/h3-5,7,9-11,16H,6,8H2,1-2H3,(H,20,21). The van der Waals surface area contributed by atoms with E-state index in [0.29, 0.717) is 12.1 Å². The molecule has 1 heterocycles. The van der Waals surface area contributed by atoms with E-state index in [0.717, 1.165) is 0 Å². The third kappa shape index (κ3) is 4.59. The van der Waals surface area contributed by atoms with Crippen LogP contribution < -0.4 is 4.72 Å². The van der Waals surface area contributed by atoms with Crippen LogP contribution in [0.15, 0.2) is 35.5 Å². The second kappa shape index (κ2) is 7.49. The van der Waals surface area contributed by atoms with Gasteiger partial charge in [-0.3, -0.25) is 4.79 Å². The first-order valence-electron chi connectivity index (χ1n) is 7.35. The van der Waals surface area contributed by atoms with Crippen molar-refractivity contribution in [2.24, 2.45) is 11.8 Å². The minimum absolute atomic E-state index is 0.0178. The first kappa shape index (κ1) is 18.0. The van der Waals surface area contributed by atoms with E-state index in [1.807, 2.05) is 13.8 Å². The van der Waals surface area contributed by atoms with E-state index in [2.05, 4.69) is 20.2 Å². The molecule has 0 spiro atoms. The smallest absolute Gasteiger partial charge is 0.307 e. The molecule has 0 saturated heterocycles. The van der Waals surface area contributed by atoms with Crippen LogP contribution in [0, 0.1) is 11.8 Å². The van der Waals surface area contributed by atoms with Crippen molar-refractivity contribution in [1.29, 1.82) is 0 Å². The summed E-state index contributed by atoms with van der Waals surface area (Å²) in [6, 6.07) is 6.06. The highest BCUT2D eigenvalue weighted by Crippen LogP contribution is 2.16. The molecule has 0 aliphatic heterocycles. The summed E-state index contributed by atoms with van der Waals surface area (Å²) in [5, 5.41) is 19.9. The maximum Gasteiger partial charge on any atom is 0.307 e. The molecule has 10 heteroatoms. The molecule has 9 nitrogen and oxygen atoms in total. The van der Waals surface area contributed by atoms with Crippen LogP contribution >= 0.6 is 0 Å². The monoisotopic (exact) mass is 353 g/mol. The summed E-state index contributed by atoms with van der Waals surface area (Å²) in [6.45, 7) is 3.62. The number of hydrogen-bond acceptors (Lipinski definition) is 6. The van der Waals surface area contributed by atoms with Crippen LogP contribution in [-0.4, -0.2) is 46.2 Å². The van der Waals surface area contributed by atoms with Gasteiger partial charge in [0.25, 0.3) is 0 Å². The van der Waals surface area contributed by atoms with Gasteiger partial charge < -0.3 is 5.11 Å². The van der Waals surface area contributed by atoms with Crippen LogP contribution in [0.4, 0.5) is 0 Å². The van der Waals surface area contributed by atoms with Crippen molar-refractivity contribution in [3.63, 3.8) is 0 Å². The molecule has 0 aliphatic carbocycles. The highest BCUT2D eigenvalue weighted by Gasteiger charge is 2.23. The average molecular weight is 353 g/mol. The molecule has 2 rings (SSSR count). The van der Waals surface area contributed by atoms with Gasteiger partial charge in [-0.25, -0.2) is 17.8 Å². The maximum absolute atomic E-state index is 12.4. The van der Waals surface area contributed by atoms with Gasteiger partial charge in [0, 0.05) is 6.54 Å². The summed E-state index contributed by atoms with van der Waals surface area (Å²) in [5.74, 6) is -1.64. The molecule has 0 aliphatic rings. The van der Waals surface area contributed by atoms with E-state index in [1.165, 1.54) is 23.1 Å². The van der Waals surface area contributed by atoms with Crippen LogP contribution in [0.5, 0.6) is 0 Å². The number of tetrazole rings is 1. The summed E-state index contributed by atoms with van der Waals surface area (Å²) in [6.07, 6.45) is 1.74. The van der Waals surface area contributed by atoms with E-state index in [4.69, 9.17) is 0 Å². The summed E-state index contributed by atoms with van der Waals surface area (Å²) >= 11 is 0. The molecule has 2 N–H and O–H groups in total. The zero-order valence-electron chi connectivity index (χ0n) is 13.3. The third-order valence-corrected chi connectivity index (χ3v) is 4.79. The first-order chi connectivity index (χ1) is 11.3. The van der Waals surface area contributed by atoms with Crippen LogP contribution in [-0.2, 0) is 14.8 Å². The van der Waals surface area contributed by atoms with E-state index in [-0.39, 0.29) is 17.4 Å². The number of carbonyl (C=O) groups is 1. The zero-order valence-corrected chi connectivity index (χ0v) is 14.1. The van der Waals surface area contributed by atoms with Crippen molar-refractivity contribution in [2.75, 3.05) is 6.54 Å². The highest BCUT2D eigenvalue weighted by molar-refractivity contribution is 7.89. The number of nitrogens with zero attached hydrogens (tertiary/aromatic N) is 4. The van der Waals surface area contributed by atoms with Gasteiger partial charge in [0.2, 0.25) is 10.0 Å². The largest absolute Gasteiger partial charge is 0.481 e. The topological polar surface area (TPSA) is 127 Å². The van der Waals surface area contributed by atoms with Gasteiger partial charge >= 0.3 is 5.97 Å². The summed E-state index contributed by atoms with van der Waals surface area (Å²) < 4.78 is 28.5. The Bertz CT molecular complexity index is 789. The van der Waals surface area contributed by atoms with Gasteiger partial charge in [0.15, 0.2) is 0 Å². The number of benzene rings is 1. The molecule has 1 aromatic carbocycles. The van der Waals surface area contributed by atoms with E-state index in [9.17, 15) is 18.3 Å². The molecular weight excluding hydrogens is 334 g/mol. The Kier molecular flexibility index (Phi) is 5.62. The van der Waals surface area contributed by atoms with Crippen LogP contribution in [0.25, 0.3) is 5.69 Å². The number of nitrogens with one attached hydrogen (secondary N) is 1. The van der Waals surface area contributed by atoms with Crippen LogP contribution in [0.1, 0.15) is 20.3 Å². The van der Waals surface area contributed by atoms with Gasteiger partial charge in [-0.05, 0) is 41.0 Å². The molecule has 2 aromatic rings. The van der Waals surface area contributed by atoms with Gasteiger partial charge in [-0.15, -0.1) is 5.10 Å². The number of aromatic nitrogens is 4. The predicted octanol–water partition coefficient (Wildman–Crippen LogP) is 0.687. The molecule has 1 aromatic heterocycles. The second-order valence-electron chi connectivity index (χ2n) is 5.77. The lowest BCUT2D eigenvalue weighted by molar-refractivity contribution is -0.142. The Morgan fingerprint density at radius 3 is 2.71 bits per heavy atom. The Hall–Kier alpha value is -2.33. The number of aliphatic carboxylic acids is 1. The fourth-order valence-corrected chi connectivity index (χ4v) is 3.33. The number of hydrogen-bond donors (Lipinski definition) is 2. The van der Waals surface area contributed by atoms with E-state index in [1.54, 1.807) is 12.1 Å². The van der Waals surface area contributed by atoms with Crippen molar-refractivity contribution >= 4 is 16.0 Å². The Balaban J connectivity index is 2.15. The SMILES string of the molecule is CC(C)CC(CNS(=O)(=O)c1cccc(-n2cnnn2)c1)C(=O)O. The molecule has 24 heavy (non-hydrogen) atoms. The molecular formula is C14H19N5O4S. The zero-order chi connectivity index (χ0) is 17.7. The van der Waals surface area contributed by atoms with Gasteiger partial charge in [0.1, 0.15) is 6.33 Å². The summed E-state index contributed by atoms with van der Waals surface area (Å²) in [4.78, 5) is 11.3. The first-order valence-corrected chi connectivity index (χ1v) is 8.84. The fourth-order valence-electron chi connectivity index (χ4n) is 2.21. The minimum Gasteiger partial charge on any atom is -0.481 e. The maximum atomic E-state index is 12.4. The van der Waals surface area contributed by atoms with Crippen molar-refractivity contribution in [3.8, 4) is 5.69 Å². The lowest BCUT2D eigenvalue weighted by Crippen LogP contribution is -2.33. The lowest BCUT2D eigenvalue weighted by Gasteiger charge is -2.15. The molecule has 130 valence electrons. The van der Waals surface area contributed by atoms with Crippen molar-refractivity contribution in [2.45, 2.75) is 25.2 Å². The van der Waals surface area contributed by atoms with E-state index >= 15 is 0 Å². The van der Waals surface area contributed by atoms with Crippen LogP contribution in [0.3, 0.4) is 0 Å². The average Bonchev–Trinajstić information content (AvgIpc) is 3.05. The molecule has 0 saturated carbocycles. The summed E-state index contributed by atoms with van der Waals surface area (Å²) in [5.41, 5.74) is 0.486. The predicted molar refractivity (Wildman–Crippen MR) is 84.9 cm³/mol. The van der Waals surface area contributed by atoms with Crippen LogP contribution in [0.2, 0.25) is 0 Å². The van der Waals surface area contributed by atoms with Gasteiger partial charge in [0.05, 0.1) is 16.5 Å². The van der Waals surface area contributed by atoms with Gasteiger partial charge in [-0.2, -0.15) is 0 Å². The normalized spacial score (nSPS) is 13.1. The highest BCUT2D eigenvalue weighted by atomic mass is 32.2. The summed E-state index contributed by atoms with van der Waals surface area (Å²) in [7, 11) is -3.83. The molecule has 0 bridgehead atoms. The molecule has 0 fully saturated rings. The Morgan fingerprint density at radius 2 is 2.12 bits per heavy atom. The minimum atomic E-state index is -3.83. The molecule has 1 atom stereocenters. The fraction of sp³-hybridized carbons (Fsp3) is 0.429. The number of rotatable bonds is 8. The molecule has 0 radical (unpaired) electrons. The second-order valence-corrected chi connectivity index (χ2v) is 7.54. The van der Waals surface area contributed by atoms with Crippen molar-refractivity contribution in [3.05, 3.63) is 30.6 Å². The van der Waals surface area contributed by atoms with Crippen molar-refractivity contribution in [1.82, 2.24) is 24.9 Å². The van der Waals surface area contributed by atoms with Crippen molar-refractivity contribution < 1.29 is 18.3 Å². The Labute approximate surface area is 139 Å². The molecule has 1 unspecified atom stereocenters. The van der Waals surface area contributed by atoms with Gasteiger partial charge in [-0.1, -0.05) is 19.9 Å². The third-order valence-electron chi connectivity index (χ3n) is 3.37. The number of carboxylic acids is 1. The molecule has 0 amide bonds. The number of sulfonamides is 1. The lowest BCUT2D eigenvalue weighted by atomic mass is 9.98. The Morgan fingerprint density at radius 1 is 1.38 bits per heavy atom. The van der Waals surface area contributed by atoms with E-state index < -0.39 is 21.9 Å². The number of carboxylic acid groups (broad SMARTS) is 1. The quantitative estimate of drug-likeness (QED) is 0.714.